The molecule has 2 heterocycles. The molecule has 0 bridgehead atoms. The molecule has 2 fully saturated rings. The lowest BCUT2D eigenvalue weighted by Gasteiger charge is -2.33. The first kappa shape index (κ1) is 19.7. The van der Waals surface area contributed by atoms with Crippen LogP contribution >= 0.6 is 11.6 Å². The molecule has 1 aliphatic carbocycles. The summed E-state index contributed by atoms with van der Waals surface area (Å²) in [6.45, 7) is 0.852. The van der Waals surface area contributed by atoms with E-state index in [1.54, 1.807) is 0 Å². The maximum Gasteiger partial charge on any atom is 0.224 e. The van der Waals surface area contributed by atoms with Crippen LogP contribution in [0.1, 0.15) is 51.4 Å². The van der Waals surface area contributed by atoms with E-state index in [1.165, 1.54) is 25.7 Å². The molecule has 1 N–H and O–H groups in total. The van der Waals surface area contributed by atoms with Gasteiger partial charge in [-0.2, -0.15) is 0 Å². The van der Waals surface area contributed by atoms with Crippen molar-refractivity contribution in [3.8, 4) is 0 Å². The number of aryl methyl sites for hydroxylation is 1. The van der Waals surface area contributed by atoms with E-state index < -0.39 is 5.67 Å². The summed E-state index contributed by atoms with van der Waals surface area (Å²) in [7, 11) is 0. The number of nitrogens with zero attached hydrogens (tertiary/aromatic N) is 1. The maximum atomic E-state index is 14.3. The Morgan fingerprint density at radius 3 is 2.68 bits per heavy atom. The summed E-state index contributed by atoms with van der Waals surface area (Å²) in [5.41, 5.74) is 0.399. The molecule has 0 unspecified atom stereocenters. The molecule has 4 rings (SSSR count). The number of alkyl halides is 1. The summed E-state index contributed by atoms with van der Waals surface area (Å²) in [6, 6.07) is 5.67. The zero-order valence-corrected chi connectivity index (χ0v) is 16.9. The van der Waals surface area contributed by atoms with Gasteiger partial charge in [0.1, 0.15) is 0 Å². The molecule has 28 heavy (non-hydrogen) atoms. The molecule has 1 saturated heterocycles. The van der Waals surface area contributed by atoms with Crippen LogP contribution in [-0.2, 0) is 16.1 Å². The monoisotopic (exact) mass is 406 g/mol. The van der Waals surface area contributed by atoms with Gasteiger partial charge in [-0.1, -0.05) is 43.4 Å². The Balaban J connectivity index is 1.50. The fraction of sp³-hybridized carbons (Fsp3) is 0.591. The molecule has 4 nitrogen and oxygen atoms in total. The van der Waals surface area contributed by atoms with Crippen LogP contribution in [0.2, 0.25) is 5.02 Å². The number of anilines is 1. The van der Waals surface area contributed by atoms with Crippen LogP contribution in [0.15, 0.2) is 24.4 Å². The van der Waals surface area contributed by atoms with Gasteiger partial charge in [-0.3, -0.25) is 4.79 Å². The van der Waals surface area contributed by atoms with Crippen molar-refractivity contribution >= 4 is 34.1 Å². The lowest BCUT2D eigenvalue weighted by atomic mass is 9.96. The van der Waals surface area contributed by atoms with Crippen molar-refractivity contribution in [3.63, 3.8) is 0 Å². The summed E-state index contributed by atoms with van der Waals surface area (Å²) >= 11 is 6.44. The molecule has 1 aliphatic heterocycles. The number of nitrogens with one attached hydrogen (secondary N) is 1. The number of carbonyl (C=O) groups is 1. The topological polar surface area (TPSA) is 43.3 Å². The lowest BCUT2D eigenvalue weighted by molar-refractivity contribution is -0.134. The minimum atomic E-state index is -1.24. The van der Waals surface area contributed by atoms with Crippen molar-refractivity contribution in [2.45, 2.75) is 63.6 Å². The second-order valence-electron chi connectivity index (χ2n) is 8.37. The first-order valence-electron chi connectivity index (χ1n) is 10.4. The number of benzene rings is 1. The fourth-order valence-electron chi connectivity index (χ4n) is 4.41. The molecule has 1 aromatic carbocycles. The second kappa shape index (κ2) is 8.42. The molecule has 1 aromatic heterocycles. The number of hydrogen-bond acceptors (Lipinski definition) is 2. The predicted octanol–water partition coefficient (Wildman–Crippen LogP) is 5.72. The zero-order chi connectivity index (χ0) is 19.6. The van der Waals surface area contributed by atoms with Crippen molar-refractivity contribution in [2.24, 2.45) is 5.92 Å². The Kier molecular flexibility index (Phi) is 5.93. The Bertz CT molecular complexity index is 838. The first-order valence-corrected chi connectivity index (χ1v) is 10.8. The molecule has 0 radical (unpaired) electrons. The Hall–Kier alpha value is -1.59. The quantitative estimate of drug-likeness (QED) is 0.623. The number of ether oxygens (including phenoxy) is 1. The van der Waals surface area contributed by atoms with Crippen molar-refractivity contribution in [3.05, 3.63) is 29.4 Å². The van der Waals surface area contributed by atoms with Gasteiger partial charge in [0.05, 0.1) is 29.4 Å². The maximum absolute atomic E-state index is 14.3. The van der Waals surface area contributed by atoms with Gasteiger partial charge in [0.2, 0.25) is 5.91 Å². The molecule has 2 aromatic rings. The van der Waals surface area contributed by atoms with E-state index in [9.17, 15) is 9.18 Å². The van der Waals surface area contributed by atoms with Crippen LogP contribution in [0.5, 0.6) is 0 Å². The van der Waals surface area contributed by atoms with Gasteiger partial charge in [0, 0.05) is 31.0 Å². The number of amides is 1. The van der Waals surface area contributed by atoms with Crippen LogP contribution in [0.25, 0.3) is 10.9 Å². The second-order valence-corrected chi connectivity index (χ2v) is 8.78. The van der Waals surface area contributed by atoms with Crippen LogP contribution in [0.4, 0.5) is 10.1 Å². The van der Waals surface area contributed by atoms with Gasteiger partial charge < -0.3 is 14.6 Å². The van der Waals surface area contributed by atoms with E-state index in [1.807, 2.05) is 29.0 Å². The number of halogens is 2. The molecule has 0 atom stereocenters. The molecule has 2 aliphatic rings. The smallest absolute Gasteiger partial charge is 0.224 e. The minimum Gasteiger partial charge on any atom is -0.375 e. The highest BCUT2D eigenvalue weighted by atomic mass is 35.5. The average Bonchev–Trinajstić information content (AvgIpc) is 2.81. The molecule has 6 heteroatoms. The van der Waals surface area contributed by atoms with Crippen molar-refractivity contribution < 1.29 is 13.9 Å². The van der Waals surface area contributed by atoms with Crippen molar-refractivity contribution in [1.82, 2.24) is 4.57 Å². The van der Waals surface area contributed by atoms with E-state index >= 15 is 0 Å². The number of hydrogen-bond donors (Lipinski definition) is 1. The SMILES string of the molecule is O=C(CC1CCCCCC1)Nc1cn(CCC2(F)COC2)c2cccc(Cl)c12. The minimum absolute atomic E-state index is 0.0419. The number of aromatic nitrogens is 1. The highest BCUT2D eigenvalue weighted by Gasteiger charge is 2.38. The Labute approximate surface area is 170 Å². The average molecular weight is 407 g/mol. The van der Waals surface area contributed by atoms with Gasteiger partial charge in [-0.25, -0.2) is 4.39 Å². The van der Waals surface area contributed by atoms with Crippen LogP contribution in [0.3, 0.4) is 0 Å². The third-order valence-electron chi connectivity index (χ3n) is 6.10. The van der Waals surface area contributed by atoms with Gasteiger partial charge in [-0.15, -0.1) is 0 Å². The molecule has 1 amide bonds. The lowest BCUT2D eigenvalue weighted by Crippen LogP contribution is -2.46. The number of fused-ring (bicyclic) bond motifs is 1. The predicted molar refractivity (Wildman–Crippen MR) is 111 cm³/mol. The largest absolute Gasteiger partial charge is 0.375 e. The Morgan fingerprint density at radius 1 is 1.25 bits per heavy atom. The molecule has 152 valence electrons. The summed E-state index contributed by atoms with van der Waals surface area (Å²) < 4.78 is 21.3. The van der Waals surface area contributed by atoms with E-state index in [0.29, 0.717) is 30.3 Å². The van der Waals surface area contributed by atoms with Crippen molar-refractivity contribution in [2.75, 3.05) is 18.5 Å². The summed E-state index contributed by atoms with van der Waals surface area (Å²) in [4.78, 5) is 12.7. The molecular formula is C22H28ClFN2O2. The van der Waals surface area contributed by atoms with Gasteiger partial charge in [0.25, 0.3) is 0 Å². The molecule has 0 spiro atoms. The highest BCUT2D eigenvalue weighted by molar-refractivity contribution is 6.36. The summed E-state index contributed by atoms with van der Waals surface area (Å²) in [6.07, 6.45) is 10.1. The Morgan fingerprint density at radius 2 is 2.00 bits per heavy atom. The van der Waals surface area contributed by atoms with Gasteiger partial charge >= 0.3 is 0 Å². The standard InChI is InChI=1S/C22H28ClFN2O2/c23-17-8-5-9-19-21(17)18(13-26(19)11-10-22(24)14-28-15-22)25-20(27)12-16-6-3-1-2-4-7-16/h5,8-9,13,16H,1-4,6-7,10-12,14-15H2,(H,25,27). The normalized spacial score (nSPS) is 19.9. The fourth-order valence-corrected chi connectivity index (χ4v) is 4.68. The van der Waals surface area contributed by atoms with Crippen LogP contribution < -0.4 is 5.32 Å². The van der Waals surface area contributed by atoms with E-state index in [-0.39, 0.29) is 19.1 Å². The van der Waals surface area contributed by atoms with E-state index in [2.05, 4.69) is 5.32 Å². The van der Waals surface area contributed by atoms with Crippen LogP contribution in [-0.4, -0.2) is 29.4 Å². The highest BCUT2D eigenvalue weighted by Crippen LogP contribution is 2.35. The molecule has 1 saturated carbocycles. The van der Waals surface area contributed by atoms with Crippen molar-refractivity contribution in [1.29, 1.82) is 0 Å². The van der Waals surface area contributed by atoms with Crippen LogP contribution in [0, 0.1) is 5.92 Å². The van der Waals surface area contributed by atoms with Gasteiger partial charge in [-0.05, 0) is 30.9 Å². The van der Waals surface area contributed by atoms with E-state index in [0.717, 1.165) is 29.4 Å². The zero-order valence-electron chi connectivity index (χ0n) is 16.2. The number of rotatable bonds is 6. The summed E-state index contributed by atoms with van der Waals surface area (Å²) in [5, 5.41) is 4.51. The third-order valence-corrected chi connectivity index (χ3v) is 6.42. The van der Waals surface area contributed by atoms with E-state index in [4.69, 9.17) is 16.3 Å². The first-order chi connectivity index (χ1) is 13.5. The molecular weight excluding hydrogens is 379 g/mol. The summed E-state index contributed by atoms with van der Waals surface area (Å²) in [5.74, 6) is 0.511. The van der Waals surface area contributed by atoms with Gasteiger partial charge in [0.15, 0.2) is 5.67 Å². The third kappa shape index (κ3) is 4.36. The number of carbonyl (C=O) groups excluding carboxylic acids is 1.